The summed E-state index contributed by atoms with van der Waals surface area (Å²) in [6.45, 7) is 2.73. The number of ether oxygens (including phenoxy) is 1. The average molecular weight is 333 g/mol. The second kappa shape index (κ2) is 7.25. The molecule has 0 saturated heterocycles. The zero-order chi connectivity index (χ0) is 14.4. The van der Waals surface area contributed by atoms with E-state index in [1.807, 2.05) is 48.5 Å². The van der Waals surface area contributed by atoms with E-state index in [1.54, 1.807) is 0 Å². The van der Waals surface area contributed by atoms with Crippen molar-refractivity contribution in [2.45, 2.75) is 19.8 Å². The molecule has 0 aliphatic rings. The molecule has 104 valence electrons. The van der Waals surface area contributed by atoms with Crippen LogP contribution in [0.2, 0.25) is 0 Å². The van der Waals surface area contributed by atoms with Gasteiger partial charge in [-0.05, 0) is 36.2 Å². The number of carbonyl (C=O) groups is 1. The molecule has 2 nitrogen and oxygen atoms in total. The Balaban J connectivity index is 2.06. The minimum Gasteiger partial charge on any atom is -0.494 e. The lowest BCUT2D eigenvalue weighted by atomic mass is 10.0. The Labute approximate surface area is 127 Å². The predicted molar refractivity (Wildman–Crippen MR) is 84.4 cm³/mol. The number of hydrogen-bond acceptors (Lipinski definition) is 2. The highest BCUT2D eigenvalue weighted by atomic mass is 79.9. The van der Waals surface area contributed by atoms with Gasteiger partial charge in [0, 0.05) is 16.5 Å². The lowest BCUT2D eigenvalue weighted by molar-refractivity contribution is 0.0992. The number of Topliss-reactive ketones (excluding diaryl/α,β-unsaturated/α-hetero) is 1. The van der Waals surface area contributed by atoms with Crippen molar-refractivity contribution in [1.82, 2.24) is 0 Å². The van der Waals surface area contributed by atoms with Crippen molar-refractivity contribution in [2.75, 3.05) is 6.61 Å². The fourth-order valence-corrected chi connectivity index (χ4v) is 2.13. The van der Waals surface area contributed by atoms with Crippen LogP contribution in [0.1, 0.15) is 29.3 Å². The van der Waals surface area contributed by atoms with E-state index in [0.29, 0.717) is 18.6 Å². The van der Waals surface area contributed by atoms with Crippen molar-refractivity contribution in [1.29, 1.82) is 0 Å². The maximum atomic E-state index is 12.3. The van der Waals surface area contributed by atoms with E-state index in [4.69, 9.17) is 4.74 Å². The summed E-state index contributed by atoms with van der Waals surface area (Å²) in [4.78, 5) is 12.3. The number of hydrogen-bond donors (Lipinski definition) is 0. The van der Waals surface area contributed by atoms with Crippen LogP contribution < -0.4 is 4.74 Å². The molecule has 0 atom stereocenters. The summed E-state index contributed by atoms with van der Waals surface area (Å²) in [5.41, 5.74) is 1.71. The van der Waals surface area contributed by atoms with Crippen molar-refractivity contribution >= 4 is 21.7 Å². The smallest absolute Gasteiger partial charge is 0.167 e. The highest BCUT2D eigenvalue weighted by Gasteiger charge is 2.08. The molecule has 0 heterocycles. The Morgan fingerprint density at radius 1 is 1.15 bits per heavy atom. The van der Waals surface area contributed by atoms with Gasteiger partial charge in [0.05, 0.1) is 6.61 Å². The maximum absolute atomic E-state index is 12.3. The van der Waals surface area contributed by atoms with Crippen molar-refractivity contribution in [3.63, 3.8) is 0 Å². The Bertz CT molecular complexity index is 576. The molecule has 0 fully saturated rings. The molecular weight excluding hydrogens is 316 g/mol. The van der Waals surface area contributed by atoms with Crippen molar-refractivity contribution in [3.8, 4) is 5.75 Å². The molecule has 2 rings (SSSR count). The fourth-order valence-electron chi connectivity index (χ4n) is 1.87. The summed E-state index contributed by atoms with van der Waals surface area (Å²) in [5.74, 6) is 0.864. The number of rotatable bonds is 6. The molecule has 20 heavy (non-hydrogen) atoms. The summed E-state index contributed by atoms with van der Waals surface area (Å²) < 4.78 is 6.57. The Hall–Kier alpha value is -1.61. The van der Waals surface area contributed by atoms with E-state index in [0.717, 1.165) is 22.2 Å². The van der Waals surface area contributed by atoms with E-state index in [1.165, 1.54) is 0 Å². The largest absolute Gasteiger partial charge is 0.494 e. The molecule has 0 saturated carbocycles. The van der Waals surface area contributed by atoms with Gasteiger partial charge in [0.15, 0.2) is 5.78 Å². The summed E-state index contributed by atoms with van der Waals surface area (Å²) in [7, 11) is 0. The topological polar surface area (TPSA) is 26.3 Å². The molecule has 0 unspecified atom stereocenters. The molecule has 0 N–H and O–H groups in total. The SMILES string of the molecule is CCCOc1cccc(C(=O)Cc2ccc(Br)cc2)c1. The normalized spacial score (nSPS) is 10.3. The number of carbonyl (C=O) groups excluding carboxylic acids is 1. The van der Waals surface area contributed by atoms with Gasteiger partial charge in [-0.3, -0.25) is 4.79 Å². The lowest BCUT2D eigenvalue weighted by Gasteiger charge is -2.07. The molecule has 0 aliphatic heterocycles. The van der Waals surface area contributed by atoms with Crippen LogP contribution in [0.25, 0.3) is 0 Å². The van der Waals surface area contributed by atoms with E-state index in [-0.39, 0.29) is 5.78 Å². The Morgan fingerprint density at radius 2 is 1.90 bits per heavy atom. The van der Waals surface area contributed by atoms with Gasteiger partial charge >= 0.3 is 0 Å². The van der Waals surface area contributed by atoms with Gasteiger partial charge in [-0.25, -0.2) is 0 Å². The van der Waals surface area contributed by atoms with Gasteiger partial charge in [0.25, 0.3) is 0 Å². The minimum absolute atomic E-state index is 0.106. The highest BCUT2D eigenvalue weighted by Crippen LogP contribution is 2.17. The summed E-state index contributed by atoms with van der Waals surface area (Å²) >= 11 is 3.39. The Kier molecular flexibility index (Phi) is 5.36. The predicted octanol–water partition coefficient (Wildman–Crippen LogP) is 4.66. The van der Waals surface area contributed by atoms with Crippen molar-refractivity contribution in [2.24, 2.45) is 0 Å². The molecule has 0 amide bonds. The molecule has 0 aromatic heterocycles. The van der Waals surface area contributed by atoms with Gasteiger partial charge in [0.1, 0.15) is 5.75 Å². The lowest BCUT2D eigenvalue weighted by Crippen LogP contribution is -2.04. The molecular formula is C17H17BrO2. The Morgan fingerprint density at radius 3 is 2.60 bits per heavy atom. The zero-order valence-electron chi connectivity index (χ0n) is 11.4. The first-order valence-corrected chi connectivity index (χ1v) is 7.49. The standard InChI is InChI=1S/C17H17BrO2/c1-2-10-20-16-5-3-4-14(12-16)17(19)11-13-6-8-15(18)9-7-13/h3-9,12H,2,10-11H2,1H3. The molecule has 0 bridgehead atoms. The molecule has 0 spiro atoms. The summed E-state index contributed by atoms with van der Waals surface area (Å²) in [5, 5.41) is 0. The third-order valence-electron chi connectivity index (χ3n) is 2.91. The van der Waals surface area contributed by atoms with Crippen molar-refractivity contribution in [3.05, 3.63) is 64.1 Å². The third kappa shape index (κ3) is 4.20. The number of ketones is 1. The van der Waals surface area contributed by atoms with Crippen LogP contribution in [0.4, 0.5) is 0 Å². The zero-order valence-corrected chi connectivity index (χ0v) is 13.0. The van der Waals surface area contributed by atoms with Crippen LogP contribution in [-0.4, -0.2) is 12.4 Å². The van der Waals surface area contributed by atoms with E-state index < -0.39 is 0 Å². The molecule has 0 radical (unpaired) electrons. The van der Waals surface area contributed by atoms with Crippen LogP contribution in [0.5, 0.6) is 5.75 Å². The minimum atomic E-state index is 0.106. The molecule has 0 aliphatic carbocycles. The van der Waals surface area contributed by atoms with Crippen LogP contribution in [0, 0.1) is 0 Å². The number of benzene rings is 2. The van der Waals surface area contributed by atoms with Gasteiger partial charge in [0.2, 0.25) is 0 Å². The molecule has 2 aromatic rings. The fraction of sp³-hybridized carbons (Fsp3) is 0.235. The summed E-state index contributed by atoms with van der Waals surface area (Å²) in [6, 6.07) is 15.2. The van der Waals surface area contributed by atoms with Crippen LogP contribution >= 0.6 is 15.9 Å². The second-order valence-corrected chi connectivity index (χ2v) is 5.52. The van der Waals surface area contributed by atoms with Gasteiger partial charge in [-0.2, -0.15) is 0 Å². The monoisotopic (exact) mass is 332 g/mol. The molecule has 3 heteroatoms. The van der Waals surface area contributed by atoms with Crippen molar-refractivity contribution < 1.29 is 9.53 Å². The first kappa shape index (κ1) is 14.8. The highest BCUT2D eigenvalue weighted by molar-refractivity contribution is 9.10. The maximum Gasteiger partial charge on any atom is 0.167 e. The van der Waals surface area contributed by atoms with Gasteiger partial charge < -0.3 is 4.74 Å². The second-order valence-electron chi connectivity index (χ2n) is 4.60. The van der Waals surface area contributed by atoms with Crippen LogP contribution in [-0.2, 0) is 6.42 Å². The number of halogens is 1. The average Bonchev–Trinajstić information content (AvgIpc) is 2.48. The van der Waals surface area contributed by atoms with Gasteiger partial charge in [-0.15, -0.1) is 0 Å². The van der Waals surface area contributed by atoms with E-state index >= 15 is 0 Å². The molecule has 2 aromatic carbocycles. The van der Waals surface area contributed by atoms with Crippen LogP contribution in [0.15, 0.2) is 53.0 Å². The van der Waals surface area contributed by atoms with E-state index in [9.17, 15) is 4.79 Å². The quantitative estimate of drug-likeness (QED) is 0.719. The first-order valence-electron chi connectivity index (χ1n) is 6.69. The van der Waals surface area contributed by atoms with Crippen LogP contribution in [0.3, 0.4) is 0 Å². The third-order valence-corrected chi connectivity index (χ3v) is 3.44. The van der Waals surface area contributed by atoms with E-state index in [2.05, 4.69) is 22.9 Å². The first-order chi connectivity index (χ1) is 9.69. The summed E-state index contributed by atoms with van der Waals surface area (Å²) in [6.07, 6.45) is 1.36. The van der Waals surface area contributed by atoms with Gasteiger partial charge in [-0.1, -0.05) is 47.1 Å².